The zero-order valence-corrected chi connectivity index (χ0v) is 17.9. The Morgan fingerprint density at radius 2 is 2.30 bits per heavy atom. The van der Waals surface area contributed by atoms with Crippen molar-refractivity contribution in [2.75, 3.05) is 12.4 Å². The Morgan fingerprint density at radius 1 is 1.52 bits per heavy atom. The summed E-state index contributed by atoms with van der Waals surface area (Å²) in [6.07, 6.45) is 5.03. The average molecular weight is 407 g/mol. The highest BCUT2D eigenvalue weighted by atomic mass is 32.1. The third-order valence-electron chi connectivity index (χ3n) is 4.94. The largest absolute Gasteiger partial charge is 0.465 e. The number of hydrogen-bond acceptors (Lipinski definition) is 5. The van der Waals surface area contributed by atoms with E-state index < -0.39 is 0 Å². The van der Waals surface area contributed by atoms with Crippen molar-refractivity contribution < 1.29 is 9.53 Å². The van der Waals surface area contributed by atoms with E-state index in [4.69, 9.17) is 17.0 Å². The molecular weight excluding hydrogens is 380 g/mol. The minimum atomic E-state index is -0.299. The Balaban J connectivity index is 1.73. The molecule has 0 aliphatic heterocycles. The van der Waals surface area contributed by atoms with Gasteiger partial charge in [-0.1, -0.05) is 6.92 Å². The predicted molar refractivity (Wildman–Crippen MR) is 113 cm³/mol. The van der Waals surface area contributed by atoms with Gasteiger partial charge in [0.25, 0.3) is 0 Å². The number of nitrogens with one attached hydrogen (secondary N) is 2. The van der Waals surface area contributed by atoms with E-state index in [0.29, 0.717) is 23.1 Å². The second-order valence-corrected chi connectivity index (χ2v) is 8.46. The molecule has 8 heteroatoms. The van der Waals surface area contributed by atoms with E-state index in [9.17, 15) is 4.79 Å². The van der Waals surface area contributed by atoms with Gasteiger partial charge in [0, 0.05) is 29.7 Å². The van der Waals surface area contributed by atoms with Gasteiger partial charge in [0.05, 0.1) is 18.4 Å². The van der Waals surface area contributed by atoms with Crippen molar-refractivity contribution >= 4 is 39.6 Å². The van der Waals surface area contributed by atoms with Gasteiger partial charge in [-0.25, -0.2) is 4.79 Å². The van der Waals surface area contributed by atoms with Gasteiger partial charge in [0.1, 0.15) is 5.00 Å². The number of methoxy groups -OCH3 is 1. The maximum absolute atomic E-state index is 12.4. The van der Waals surface area contributed by atoms with E-state index in [2.05, 4.69) is 29.6 Å². The fourth-order valence-electron chi connectivity index (χ4n) is 3.37. The van der Waals surface area contributed by atoms with Crippen LogP contribution in [0, 0.1) is 12.8 Å². The van der Waals surface area contributed by atoms with E-state index in [1.54, 1.807) is 11.3 Å². The van der Waals surface area contributed by atoms with Gasteiger partial charge in [-0.2, -0.15) is 5.10 Å². The second kappa shape index (κ2) is 8.39. The van der Waals surface area contributed by atoms with Crippen LogP contribution in [-0.2, 0) is 30.7 Å². The highest BCUT2D eigenvalue weighted by Gasteiger charge is 2.28. The number of thiocarbonyl (C=S) groups is 1. The van der Waals surface area contributed by atoms with Crippen LogP contribution in [0.25, 0.3) is 0 Å². The lowest BCUT2D eigenvalue weighted by atomic mass is 9.88. The van der Waals surface area contributed by atoms with Crippen molar-refractivity contribution in [1.82, 2.24) is 15.1 Å². The summed E-state index contributed by atoms with van der Waals surface area (Å²) in [6, 6.07) is 0. The molecule has 6 nitrogen and oxygen atoms in total. The zero-order chi connectivity index (χ0) is 19.6. The number of aromatic nitrogens is 2. The molecule has 1 aliphatic rings. The molecular formula is C19H26N4O2S2. The molecule has 27 heavy (non-hydrogen) atoms. The minimum absolute atomic E-state index is 0.299. The topological polar surface area (TPSA) is 68.2 Å². The minimum Gasteiger partial charge on any atom is -0.465 e. The fourth-order valence-corrected chi connectivity index (χ4v) is 5.02. The van der Waals surface area contributed by atoms with Crippen LogP contribution in [0.15, 0.2) is 6.20 Å². The molecule has 146 valence electrons. The van der Waals surface area contributed by atoms with Gasteiger partial charge in [-0.3, -0.25) is 4.68 Å². The van der Waals surface area contributed by atoms with Crippen molar-refractivity contribution in [2.24, 2.45) is 5.92 Å². The van der Waals surface area contributed by atoms with Crippen LogP contribution < -0.4 is 10.6 Å². The summed E-state index contributed by atoms with van der Waals surface area (Å²) in [4.78, 5) is 13.6. The van der Waals surface area contributed by atoms with Gasteiger partial charge in [0.15, 0.2) is 5.11 Å². The third-order valence-corrected chi connectivity index (χ3v) is 6.36. The molecule has 0 bridgehead atoms. The van der Waals surface area contributed by atoms with E-state index in [0.717, 1.165) is 47.6 Å². The average Bonchev–Trinajstić information content (AvgIpc) is 3.18. The first-order valence-corrected chi connectivity index (χ1v) is 10.5. The van der Waals surface area contributed by atoms with Crippen LogP contribution in [0.5, 0.6) is 0 Å². The van der Waals surface area contributed by atoms with E-state index >= 15 is 0 Å². The van der Waals surface area contributed by atoms with Crippen LogP contribution >= 0.6 is 23.6 Å². The molecule has 2 N–H and O–H groups in total. The fraction of sp³-hybridized carbons (Fsp3) is 0.526. The van der Waals surface area contributed by atoms with E-state index in [1.165, 1.54) is 12.0 Å². The van der Waals surface area contributed by atoms with Gasteiger partial charge in [0.2, 0.25) is 0 Å². The Bertz CT molecular complexity index is 856. The lowest BCUT2D eigenvalue weighted by Gasteiger charge is -2.18. The lowest BCUT2D eigenvalue weighted by molar-refractivity contribution is 0.0601. The molecule has 3 rings (SSSR count). The first-order chi connectivity index (χ1) is 12.9. The summed E-state index contributed by atoms with van der Waals surface area (Å²) >= 11 is 7.08. The van der Waals surface area contributed by atoms with E-state index in [-0.39, 0.29) is 5.97 Å². The molecule has 0 fully saturated rings. The molecule has 0 amide bonds. The van der Waals surface area contributed by atoms with Crippen LogP contribution in [0.2, 0.25) is 0 Å². The number of thiophene rings is 1. The van der Waals surface area contributed by atoms with Gasteiger partial charge < -0.3 is 15.4 Å². The molecule has 2 aromatic heterocycles. The van der Waals surface area contributed by atoms with Crippen molar-refractivity contribution in [2.45, 2.75) is 53.1 Å². The molecule has 2 heterocycles. The zero-order valence-electron chi connectivity index (χ0n) is 16.2. The Kier molecular flexibility index (Phi) is 6.16. The highest BCUT2D eigenvalue weighted by Crippen LogP contribution is 2.40. The summed E-state index contributed by atoms with van der Waals surface area (Å²) in [5, 5.41) is 12.2. The van der Waals surface area contributed by atoms with Crippen molar-refractivity contribution in [3.05, 3.63) is 33.5 Å². The SMILES string of the molecule is CCn1cc(CNC(=S)Nc2sc3c(c2C(=O)OC)CC[C@@H](C)C3)c(C)n1. The first-order valence-electron chi connectivity index (χ1n) is 9.23. The molecule has 0 spiro atoms. The summed E-state index contributed by atoms with van der Waals surface area (Å²) in [6.45, 7) is 7.73. The third kappa shape index (κ3) is 4.32. The van der Waals surface area contributed by atoms with Crippen molar-refractivity contribution in [3.63, 3.8) is 0 Å². The smallest absolute Gasteiger partial charge is 0.341 e. The van der Waals surface area contributed by atoms with Crippen molar-refractivity contribution in [3.8, 4) is 0 Å². The number of fused-ring (bicyclic) bond motifs is 1. The lowest BCUT2D eigenvalue weighted by Crippen LogP contribution is -2.28. The number of hydrogen-bond donors (Lipinski definition) is 2. The molecule has 0 aromatic carbocycles. The summed E-state index contributed by atoms with van der Waals surface area (Å²) < 4.78 is 6.93. The normalized spacial score (nSPS) is 15.9. The number of ether oxygens (including phenoxy) is 1. The number of anilines is 1. The van der Waals surface area contributed by atoms with Crippen LogP contribution in [0.1, 0.15) is 52.3 Å². The Morgan fingerprint density at radius 3 is 2.96 bits per heavy atom. The number of esters is 1. The Labute approximate surface area is 169 Å². The number of carbonyl (C=O) groups excluding carboxylic acids is 1. The molecule has 0 radical (unpaired) electrons. The maximum atomic E-state index is 12.4. The molecule has 0 saturated carbocycles. The molecule has 1 aliphatic carbocycles. The second-order valence-electron chi connectivity index (χ2n) is 6.95. The number of nitrogens with zero attached hydrogens (tertiary/aromatic N) is 2. The summed E-state index contributed by atoms with van der Waals surface area (Å²) in [7, 11) is 1.42. The van der Waals surface area contributed by atoms with Crippen LogP contribution in [0.3, 0.4) is 0 Å². The highest BCUT2D eigenvalue weighted by molar-refractivity contribution is 7.80. The summed E-state index contributed by atoms with van der Waals surface area (Å²) in [5.74, 6) is 0.338. The molecule has 2 aromatic rings. The number of rotatable bonds is 5. The maximum Gasteiger partial charge on any atom is 0.341 e. The quantitative estimate of drug-likeness (QED) is 0.583. The van der Waals surface area contributed by atoms with Gasteiger partial charge in [-0.15, -0.1) is 11.3 Å². The number of aryl methyl sites for hydroxylation is 2. The molecule has 0 unspecified atom stereocenters. The predicted octanol–water partition coefficient (Wildman–Crippen LogP) is 3.67. The van der Waals surface area contributed by atoms with Gasteiger partial charge >= 0.3 is 5.97 Å². The van der Waals surface area contributed by atoms with Crippen LogP contribution in [-0.4, -0.2) is 28.0 Å². The van der Waals surface area contributed by atoms with Crippen molar-refractivity contribution in [1.29, 1.82) is 0 Å². The number of carbonyl (C=O) groups is 1. The molecule has 0 saturated heterocycles. The van der Waals surface area contributed by atoms with Crippen LogP contribution in [0.4, 0.5) is 5.00 Å². The Hall–Kier alpha value is -1.93. The van der Waals surface area contributed by atoms with Gasteiger partial charge in [-0.05, 0) is 56.8 Å². The monoisotopic (exact) mass is 406 g/mol. The standard InChI is InChI=1S/C19H26N4O2S2/c1-5-23-10-13(12(3)22-23)9-20-19(26)21-17-16(18(24)25-4)14-7-6-11(2)8-15(14)27-17/h10-11H,5-9H2,1-4H3,(H2,20,21,26)/t11-/m1/s1. The summed E-state index contributed by atoms with van der Waals surface area (Å²) in [5.41, 5.74) is 3.86. The first kappa shape index (κ1) is 19.8. The van der Waals surface area contributed by atoms with E-state index in [1.807, 2.05) is 17.8 Å². The molecule has 1 atom stereocenters.